The Morgan fingerprint density at radius 1 is 1.23 bits per heavy atom. The lowest BCUT2D eigenvalue weighted by atomic mass is 10.2. The van der Waals surface area contributed by atoms with Crippen LogP contribution in [0.15, 0.2) is 34.8 Å². The lowest BCUT2D eigenvalue weighted by Crippen LogP contribution is -2.23. The minimum atomic E-state index is -0.801. The number of anilines is 1. The fourth-order valence-electron chi connectivity index (χ4n) is 2.33. The first-order chi connectivity index (χ1) is 12.4. The van der Waals surface area contributed by atoms with Gasteiger partial charge in [0.1, 0.15) is 24.8 Å². The number of carbonyl (C=O) groups is 1. The highest BCUT2D eigenvalue weighted by atomic mass is 79.9. The van der Waals surface area contributed by atoms with E-state index in [-0.39, 0.29) is 11.6 Å². The van der Waals surface area contributed by atoms with Crippen molar-refractivity contribution in [2.24, 2.45) is 0 Å². The van der Waals surface area contributed by atoms with Crippen molar-refractivity contribution >= 4 is 39.3 Å². The number of amides is 1. The van der Waals surface area contributed by atoms with Crippen LogP contribution < -0.4 is 14.8 Å². The molecule has 2 aromatic carbocycles. The normalized spacial score (nSPS) is 14.0. The van der Waals surface area contributed by atoms with Crippen LogP contribution in [0.2, 0.25) is 0 Å². The van der Waals surface area contributed by atoms with E-state index < -0.39 is 16.9 Å². The van der Waals surface area contributed by atoms with Gasteiger partial charge in [0.2, 0.25) is 5.91 Å². The molecule has 1 heterocycles. The van der Waals surface area contributed by atoms with Crippen molar-refractivity contribution in [3.63, 3.8) is 0 Å². The molecule has 1 aliphatic rings. The second-order valence-corrected chi connectivity index (χ2v) is 7.84. The van der Waals surface area contributed by atoms with Crippen LogP contribution >= 0.6 is 27.7 Å². The maximum absolute atomic E-state index is 13.6. The number of fused-ring (bicyclic) bond motifs is 1. The first kappa shape index (κ1) is 19.0. The molecule has 3 rings (SSSR count). The van der Waals surface area contributed by atoms with Gasteiger partial charge in [0, 0.05) is 16.3 Å². The zero-order valence-electron chi connectivity index (χ0n) is 13.9. The van der Waals surface area contributed by atoms with Crippen molar-refractivity contribution in [2.75, 3.05) is 18.5 Å². The minimum Gasteiger partial charge on any atom is -0.486 e. The van der Waals surface area contributed by atoms with Gasteiger partial charge in [0.15, 0.2) is 11.5 Å². The average molecular weight is 444 g/mol. The molecule has 8 heteroatoms. The van der Waals surface area contributed by atoms with E-state index in [1.54, 1.807) is 6.92 Å². The topological polar surface area (TPSA) is 47.6 Å². The molecule has 0 aliphatic carbocycles. The molecule has 0 bridgehead atoms. The van der Waals surface area contributed by atoms with Crippen molar-refractivity contribution in [1.29, 1.82) is 0 Å². The molecule has 26 heavy (non-hydrogen) atoms. The fraction of sp³-hybridized carbons (Fsp3) is 0.278. The van der Waals surface area contributed by atoms with Crippen LogP contribution in [0, 0.1) is 11.6 Å². The van der Waals surface area contributed by atoms with Crippen LogP contribution in [0.5, 0.6) is 11.5 Å². The van der Waals surface area contributed by atoms with Crippen molar-refractivity contribution in [2.45, 2.75) is 17.9 Å². The zero-order chi connectivity index (χ0) is 18.7. The van der Waals surface area contributed by atoms with Gasteiger partial charge in [-0.2, -0.15) is 0 Å². The van der Waals surface area contributed by atoms with Crippen LogP contribution in [0.3, 0.4) is 0 Å². The fourth-order valence-corrected chi connectivity index (χ4v) is 3.86. The number of rotatable bonds is 5. The molecule has 1 unspecified atom stereocenters. The predicted octanol–water partition coefficient (Wildman–Crippen LogP) is 4.76. The van der Waals surface area contributed by atoms with E-state index in [9.17, 15) is 13.6 Å². The molecule has 0 radical (unpaired) electrons. The molecule has 0 aromatic heterocycles. The van der Waals surface area contributed by atoms with Crippen molar-refractivity contribution < 1.29 is 23.0 Å². The highest BCUT2D eigenvalue weighted by Gasteiger charge is 2.19. The number of halogens is 3. The van der Waals surface area contributed by atoms with Gasteiger partial charge in [-0.05, 0) is 36.8 Å². The van der Waals surface area contributed by atoms with Gasteiger partial charge in [-0.15, -0.1) is 11.8 Å². The van der Waals surface area contributed by atoms with E-state index in [2.05, 4.69) is 21.2 Å². The largest absolute Gasteiger partial charge is 0.486 e. The standard InChI is InChI=1S/C18H16BrF2NO3S/c1-10(18(23)22-15-3-2-12(20)7-14(15)21)26-9-11-6-16-17(8-13(11)19)25-5-4-24-16/h2-3,6-8,10H,4-5,9H2,1H3,(H,22,23). The summed E-state index contributed by atoms with van der Waals surface area (Å²) in [7, 11) is 0. The Morgan fingerprint density at radius 3 is 2.62 bits per heavy atom. The van der Waals surface area contributed by atoms with Gasteiger partial charge >= 0.3 is 0 Å². The lowest BCUT2D eigenvalue weighted by molar-refractivity contribution is -0.115. The summed E-state index contributed by atoms with van der Waals surface area (Å²) in [4.78, 5) is 12.2. The third kappa shape index (κ3) is 4.48. The van der Waals surface area contributed by atoms with E-state index in [0.717, 1.165) is 22.2 Å². The summed E-state index contributed by atoms with van der Waals surface area (Å²) in [5.41, 5.74) is 0.927. The average Bonchev–Trinajstić information content (AvgIpc) is 2.61. The number of hydrogen-bond acceptors (Lipinski definition) is 4. The molecule has 138 valence electrons. The maximum atomic E-state index is 13.6. The maximum Gasteiger partial charge on any atom is 0.237 e. The number of carbonyl (C=O) groups excluding carboxylic acids is 1. The monoisotopic (exact) mass is 443 g/mol. The van der Waals surface area contributed by atoms with Crippen LogP contribution in [0.1, 0.15) is 12.5 Å². The molecule has 4 nitrogen and oxygen atoms in total. The van der Waals surface area contributed by atoms with Crippen molar-refractivity contribution in [1.82, 2.24) is 0 Å². The van der Waals surface area contributed by atoms with Gasteiger partial charge in [-0.3, -0.25) is 4.79 Å². The zero-order valence-corrected chi connectivity index (χ0v) is 16.3. The predicted molar refractivity (Wildman–Crippen MR) is 101 cm³/mol. The van der Waals surface area contributed by atoms with E-state index in [1.165, 1.54) is 17.8 Å². The summed E-state index contributed by atoms with van der Waals surface area (Å²) >= 11 is 4.89. The van der Waals surface area contributed by atoms with Crippen molar-refractivity contribution in [3.05, 3.63) is 52.0 Å². The van der Waals surface area contributed by atoms with E-state index >= 15 is 0 Å². The van der Waals surface area contributed by atoms with Crippen LogP contribution in [-0.4, -0.2) is 24.4 Å². The number of thioether (sulfide) groups is 1. The Hall–Kier alpha value is -1.80. The Balaban J connectivity index is 1.61. The number of nitrogens with one attached hydrogen (secondary N) is 1. The highest BCUT2D eigenvalue weighted by molar-refractivity contribution is 9.10. The molecule has 1 atom stereocenters. The molecular weight excluding hydrogens is 428 g/mol. The minimum absolute atomic E-state index is 0.0376. The molecule has 1 N–H and O–H groups in total. The highest BCUT2D eigenvalue weighted by Crippen LogP contribution is 2.37. The number of hydrogen-bond donors (Lipinski definition) is 1. The third-order valence-electron chi connectivity index (χ3n) is 3.76. The third-order valence-corrected chi connectivity index (χ3v) is 5.69. The molecule has 0 saturated carbocycles. The molecule has 0 spiro atoms. The first-order valence-corrected chi connectivity index (χ1v) is 9.74. The van der Waals surface area contributed by atoms with Crippen LogP contribution in [-0.2, 0) is 10.5 Å². The van der Waals surface area contributed by atoms with Gasteiger partial charge in [0.25, 0.3) is 0 Å². The molecule has 2 aromatic rings. The molecule has 1 amide bonds. The SMILES string of the molecule is CC(SCc1cc2c(cc1Br)OCCO2)C(=O)Nc1ccc(F)cc1F. The summed E-state index contributed by atoms with van der Waals surface area (Å²) in [6.07, 6.45) is 0. The quantitative estimate of drug-likeness (QED) is 0.723. The smallest absolute Gasteiger partial charge is 0.237 e. The molecule has 1 aliphatic heterocycles. The van der Waals surface area contributed by atoms with Crippen LogP contribution in [0.25, 0.3) is 0 Å². The first-order valence-electron chi connectivity index (χ1n) is 7.89. The van der Waals surface area contributed by atoms with E-state index in [1.807, 2.05) is 12.1 Å². The van der Waals surface area contributed by atoms with Gasteiger partial charge in [-0.25, -0.2) is 8.78 Å². The summed E-state index contributed by atoms with van der Waals surface area (Å²) in [5.74, 6) is 0.0817. The van der Waals surface area contributed by atoms with Gasteiger partial charge < -0.3 is 14.8 Å². The lowest BCUT2D eigenvalue weighted by Gasteiger charge is -2.20. The van der Waals surface area contributed by atoms with E-state index in [4.69, 9.17) is 9.47 Å². The molecule has 0 saturated heterocycles. The Bertz CT molecular complexity index is 834. The van der Waals surface area contributed by atoms with Crippen LogP contribution in [0.4, 0.5) is 14.5 Å². The molecular formula is C18H16BrF2NO3S. The van der Waals surface area contributed by atoms with Gasteiger partial charge in [-0.1, -0.05) is 15.9 Å². The Labute approximate surface area is 162 Å². The summed E-state index contributed by atoms with van der Waals surface area (Å²) in [6, 6.07) is 6.78. The van der Waals surface area contributed by atoms with Gasteiger partial charge in [0.05, 0.1) is 10.9 Å². The second kappa shape index (κ2) is 8.26. The summed E-state index contributed by atoms with van der Waals surface area (Å²) in [5, 5.41) is 2.05. The number of benzene rings is 2. The Morgan fingerprint density at radius 2 is 1.92 bits per heavy atom. The molecule has 0 fully saturated rings. The Kier molecular flexibility index (Phi) is 6.03. The van der Waals surface area contributed by atoms with Crippen molar-refractivity contribution in [3.8, 4) is 11.5 Å². The summed E-state index contributed by atoms with van der Waals surface area (Å²) in [6.45, 7) is 2.75. The number of ether oxygens (including phenoxy) is 2. The second-order valence-electron chi connectivity index (χ2n) is 5.65. The summed E-state index contributed by atoms with van der Waals surface area (Å²) < 4.78 is 38.5. The van der Waals surface area contributed by atoms with E-state index in [0.29, 0.717) is 30.5 Å².